The molecule has 0 aliphatic rings. The summed E-state index contributed by atoms with van der Waals surface area (Å²) >= 11 is 5.34. The van der Waals surface area contributed by atoms with Crippen LogP contribution in [-0.4, -0.2) is 4.98 Å². The highest BCUT2D eigenvalue weighted by atomic mass is 79.9. The topological polar surface area (TPSA) is 24.9 Å². The lowest BCUT2D eigenvalue weighted by atomic mass is 10.1. The molecular weight excluding hydrogens is 332 g/mol. The number of pyridine rings is 1. The molecule has 0 radical (unpaired) electrons. The van der Waals surface area contributed by atoms with Crippen LogP contribution in [0.25, 0.3) is 10.9 Å². The second-order valence-electron chi connectivity index (χ2n) is 4.79. The van der Waals surface area contributed by atoms with Crippen LogP contribution in [0.3, 0.4) is 0 Å². The van der Waals surface area contributed by atoms with Gasteiger partial charge < -0.3 is 5.32 Å². The normalized spacial score (nSPS) is 11.1. The van der Waals surface area contributed by atoms with Crippen molar-refractivity contribution in [1.82, 2.24) is 10.3 Å². The van der Waals surface area contributed by atoms with E-state index in [-0.39, 0.29) is 0 Å². The molecule has 0 atom stereocenters. The van der Waals surface area contributed by atoms with Crippen LogP contribution in [0.4, 0.5) is 0 Å². The first kappa shape index (κ1) is 13.7. The molecule has 0 aliphatic carbocycles. The number of nitrogens with zero attached hydrogens (tertiary/aromatic N) is 1. The quantitative estimate of drug-likeness (QED) is 0.743. The van der Waals surface area contributed by atoms with Gasteiger partial charge in [-0.3, -0.25) is 4.98 Å². The SMILES string of the molecule is Cc1cscc1CNCc1ccc(Br)c2cccnc12. The smallest absolute Gasteiger partial charge is 0.0758 e. The van der Waals surface area contributed by atoms with Gasteiger partial charge in [-0.1, -0.05) is 28.1 Å². The van der Waals surface area contributed by atoms with E-state index in [0.29, 0.717) is 0 Å². The average Bonchev–Trinajstić information content (AvgIpc) is 2.87. The Kier molecular flexibility index (Phi) is 4.15. The largest absolute Gasteiger partial charge is 0.308 e. The van der Waals surface area contributed by atoms with Crippen molar-refractivity contribution in [3.8, 4) is 0 Å². The molecular formula is C16H15BrN2S. The van der Waals surface area contributed by atoms with Gasteiger partial charge in [0, 0.05) is 29.1 Å². The highest BCUT2D eigenvalue weighted by Gasteiger charge is 2.05. The molecule has 20 heavy (non-hydrogen) atoms. The van der Waals surface area contributed by atoms with Crippen molar-refractivity contribution in [1.29, 1.82) is 0 Å². The summed E-state index contributed by atoms with van der Waals surface area (Å²) in [7, 11) is 0. The number of rotatable bonds is 4. The molecule has 0 bridgehead atoms. The molecule has 3 aromatic rings. The molecule has 0 saturated heterocycles. The van der Waals surface area contributed by atoms with E-state index in [4.69, 9.17) is 0 Å². The van der Waals surface area contributed by atoms with Crippen molar-refractivity contribution in [2.45, 2.75) is 20.0 Å². The van der Waals surface area contributed by atoms with Crippen LogP contribution in [0.2, 0.25) is 0 Å². The highest BCUT2D eigenvalue weighted by molar-refractivity contribution is 9.10. The van der Waals surface area contributed by atoms with E-state index in [0.717, 1.165) is 23.1 Å². The van der Waals surface area contributed by atoms with Crippen molar-refractivity contribution in [3.05, 3.63) is 62.4 Å². The number of aromatic nitrogens is 1. The van der Waals surface area contributed by atoms with E-state index in [1.54, 1.807) is 11.3 Å². The van der Waals surface area contributed by atoms with Gasteiger partial charge in [0.05, 0.1) is 5.52 Å². The molecule has 1 N–H and O–H groups in total. The maximum absolute atomic E-state index is 4.51. The molecule has 0 saturated carbocycles. The van der Waals surface area contributed by atoms with Gasteiger partial charge in [-0.25, -0.2) is 0 Å². The number of thiophene rings is 1. The van der Waals surface area contributed by atoms with Gasteiger partial charge >= 0.3 is 0 Å². The van der Waals surface area contributed by atoms with E-state index in [2.05, 4.69) is 62.1 Å². The number of aryl methyl sites for hydroxylation is 1. The van der Waals surface area contributed by atoms with Gasteiger partial charge in [0.15, 0.2) is 0 Å². The van der Waals surface area contributed by atoms with Gasteiger partial charge in [-0.05, 0) is 46.5 Å². The molecule has 0 amide bonds. The van der Waals surface area contributed by atoms with Crippen molar-refractivity contribution in [3.63, 3.8) is 0 Å². The lowest BCUT2D eigenvalue weighted by Gasteiger charge is -2.09. The Hall–Kier alpha value is -1.23. The summed E-state index contributed by atoms with van der Waals surface area (Å²) in [6.07, 6.45) is 1.85. The van der Waals surface area contributed by atoms with Crippen molar-refractivity contribution in [2.75, 3.05) is 0 Å². The number of nitrogens with one attached hydrogen (secondary N) is 1. The van der Waals surface area contributed by atoms with Crippen LogP contribution in [0, 0.1) is 6.92 Å². The van der Waals surface area contributed by atoms with Crippen molar-refractivity contribution in [2.24, 2.45) is 0 Å². The maximum atomic E-state index is 4.51. The van der Waals surface area contributed by atoms with Gasteiger partial charge in [-0.15, -0.1) is 0 Å². The lowest BCUT2D eigenvalue weighted by Crippen LogP contribution is -2.13. The second-order valence-corrected chi connectivity index (χ2v) is 6.39. The Balaban J connectivity index is 1.78. The molecule has 2 aromatic heterocycles. The van der Waals surface area contributed by atoms with Gasteiger partial charge in [0.2, 0.25) is 0 Å². The van der Waals surface area contributed by atoms with Crippen molar-refractivity contribution >= 4 is 38.2 Å². The predicted molar refractivity (Wildman–Crippen MR) is 89.0 cm³/mol. The summed E-state index contributed by atoms with van der Waals surface area (Å²) in [6.45, 7) is 3.89. The number of hydrogen-bond donors (Lipinski definition) is 1. The first-order chi connectivity index (χ1) is 9.75. The van der Waals surface area contributed by atoms with Crippen LogP contribution in [-0.2, 0) is 13.1 Å². The summed E-state index contributed by atoms with van der Waals surface area (Å²) in [4.78, 5) is 4.51. The molecule has 102 valence electrons. The fourth-order valence-electron chi connectivity index (χ4n) is 2.24. The van der Waals surface area contributed by atoms with E-state index in [1.807, 2.05) is 12.3 Å². The number of halogens is 1. The minimum absolute atomic E-state index is 0.829. The molecule has 2 heterocycles. The fraction of sp³-hybridized carbons (Fsp3) is 0.188. The first-order valence-electron chi connectivity index (χ1n) is 6.50. The summed E-state index contributed by atoms with van der Waals surface area (Å²) in [5, 5.41) is 9.07. The number of hydrogen-bond acceptors (Lipinski definition) is 3. The van der Waals surface area contributed by atoms with Crippen LogP contribution in [0.1, 0.15) is 16.7 Å². The van der Waals surface area contributed by atoms with Crippen LogP contribution in [0.5, 0.6) is 0 Å². The number of benzene rings is 1. The minimum atomic E-state index is 0.829. The summed E-state index contributed by atoms with van der Waals surface area (Å²) < 4.78 is 1.10. The Bertz CT molecular complexity index is 736. The maximum Gasteiger partial charge on any atom is 0.0758 e. The molecule has 0 aliphatic heterocycles. The zero-order valence-electron chi connectivity index (χ0n) is 11.2. The van der Waals surface area contributed by atoms with Crippen LogP contribution in [0.15, 0.2) is 45.7 Å². The third-order valence-electron chi connectivity index (χ3n) is 3.39. The standard InChI is InChI=1S/C16H15BrN2S/c1-11-9-20-10-13(11)8-18-7-12-4-5-15(17)14-3-2-6-19-16(12)14/h2-6,9-10,18H,7-8H2,1H3. The third kappa shape index (κ3) is 2.77. The predicted octanol–water partition coefficient (Wildman–Crippen LogP) is 4.66. The molecule has 1 aromatic carbocycles. The van der Waals surface area contributed by atoms with E-state index >= 15 is 0 Å². The van der Waals surface area contributed by atoms with Crippen LogP contribution >= 0.6 is 27.3 Å². The number of fused-ring (bicyclic) bond motifs is 1. The zero-order valence-corrected chi connectivity index (χ0v) is 13.6. The monoisotopic (exact) mass is 346 g/mol. The van der Waals surface area contributed by atoms with Gasteiger partial charge in [0.25, 0.3) is 0 Å². The third-order valence-corrected chi connectivity index (χ3v) is 4.99. The van der Waals surface area contributed by atoms with E-state index in [1.165, 1.54) is 22.1 Å². The molecule has 0 fully saturated rings. The lowest BCUT2D eigenvalue weighted by molar-refractivity contribution is 0.695. The molecule has 3 rings (SSSR count). The summed E-state index contributed by atoms with van der Waals surface area (Å²) in [5.41, 5.74) is 5.04. The first-order valence-corrected chi connectivity index (χ1v) is 8.24. The Labute approximate surface area is 131 Å². The Morgan fingerprint density at radius 2 is 2.00 bits per heavy atom. The average molecular weight is 347 g/mol. The molecule has 4 heteroatoms. The molecule has 2 nitrogen and oxygen atoms in total. The van der Waals surface area contributed by atoms with E-state index in [9.17, 15) is 0 Å². The summed E-state index contributed by atoms with van der Waals surface area (Å²) in [5.74, 6) is 0. The fourth-order valence-corrected chi connectivity index (χ4v) is 3.55. The highest BCUT2D eigenvalue weighted by Crippen LogP contribution is 2.25. The van der Waals surface area contributed by atoms with E-state index < -0.39 is 0 Å². The van der Waals surface area contributed by atoms with Crippen molar-refractivity contribution < 1.29 is 0 Å². The van der Waals surface area contributed by atoms with Gasteiger partial charge in [0.1, 0.15) is 0 Å². The minimum Gasteiger partial charge on any atom is -0.308 e. The zero-order chi connectivity index (χ0) is 13.9. The Morgan fingerprint density at radius 3 is 2.80 bits per heavy atom. The van der Waals surface area contributed by atoms with Gasteiger partial charge in [-0.2, -0.15) is 11.3 Å². The Morgan fingerprint density at radius 1 is 1.15 bits per heavy atom. The summed E-state index contributed by atoms with van der Waals surface area (Å²) in [6, 6.07) is 8.29. The van der Waals surface area contributed by atoms with Crippen LogP contribution < -0.4 is 5.32 Å². The molecule has 0 unspecified atom stereocenters. The second kappa shape index (κ2) is 6.04. The molecule has 0 spiro atoms.